The second kappa shape index (κ2) is 25.2. The molecule has 1 amide bonds. The third kappa shape index (κ3) is 25.1. The largest absolute Gasteiger partial charge is 0.396 e. The number of nitrogens with one attached hydrogen (secondary N) is 1. The number of allylic oxidation sites excluding steroid dienone is 2. The maximum Gasteiger partial charge on any atom is 0.219 e. The molecule has 3 heteroatoms. The molecule has 0 rings (SSSR count). The molecule has 0 aromatic carbocycles. The van der Waals surface area contributed by atoms with Gasteiger partial charge in [-0.3, -0.25) is 4.79 Å². The van der Waals surface area contributed by atoms with Crippen molar-refractivity contribution in [2.45, 2.75) is 135 Å². The third-order valence-corrected chi connectivity index (χ3v) is 5.57. The summed E-state index contributed by atoms with van der Waals surface area (Å²) >= 11 is 0. The summed E-state index contributed by atoms with van der Waals surface area (Å²) in [4.78, 5) is 11.6. The number of aliphatic hydroxyl groups excluding tert-OH is 1. The van der Waals surface area contributed by atoms with E-state index in [1.54, 1.807) is 0 Å². The molecule has 0 heterocycles. The summed E-state index contributed by atoms with van der Waals surface area (Å²) in [5.41, 5.74) is 0. The Labute approximate surface area is 182 Å². The first-order valence-electron chi connectivity index (χ1n) is 12.8. The van der Waals surface area contributed by atoms with E-state index in [1.165, 1.54) is 103 Å². The molecule has 29 heavy (non-hydrogen) atoms. The highest BCUT2D eigenvalue weighted by molar-refractivity contribution is 5.75. The summed E-state index contributed by atoms with van der Waals surface area (Å²) in [5, 5.41) is 11.6. The summed E-state index contributed by atoms with van der Waals surface area (Å²) in [6, 6.07) is 0. The van der Waals surface area contributed by atoms with Gasteiger partial charge in [0.25, 0.3) is 0 Å². The van der Waals surface area contributed by atoms with Gasteiger partial charge in [-0.2, -0.15) is 0 Å². The van der Waals surface area contributed by atoms with E-state index in [-0.39, 0.29) is 12.5 Å². The van der Waals surface area contributed by atoms with E-state index in [0.717, 1.165) is 19.3 Å². The first-order valence-corrected chi connectivity index (χ1v) is 12.8. The van der Waals surface area contributed by atoms with Gasteiger partial charge >= 0.3 is 0 Å². The van der Waals surface area contributed by atoms with Crippen LogP contribution in [0, 0.1) is 0 Å². The molecule has 0 fully saturated rings. The molecule has 0 atom stereocenters. The lowest BCUT2D eigenvalue weighted by Gasteiger charge is -2.05. The second-order valence-corrected chi connectivity index (χ2v) is 8.53. The van der Waals surface area contributed by atoms with E-state index in [4.69, 9.17) is 5.11 Å². The predicted octanol–water partition coefficient (Wildman–Crippen LogP) is 7.47. The van der Waals surface area contributed by atoms with Crippen LogP contribution >= 0.6 is 0 Å². The normalized spacial score (nSPS) is 11.4. The Bertz CT molecular complexity index is 355. The van der Waals surface area contributed by atoms with E-state index in [1.807, 2.05) is 0 Å². The number of carbonyl (C=O) groups is 1. The Morgan fingerprint density at radius 2 is 1.14 bits per heavy atom. The maximum absolute atomic E-state index is 11.6. The Morgan fingerprint density at radius 1 is 0.655 bits per heavy atom. The minimum absolute atomic E-state index is 0.170. The highest BCUT2D eigenvalue weighted by Crippen LogP contribution is 2.12. The number of amides is 1. The van der Waals surface area contributed by atoms with Crippen LogP contribution in [0.3, 0.4) is 0 Å². The van der Waals surface area contributed by atoms with Crippen molar-refractivity contribution in [1.82, 2.24) is 5.32 Å². The Morgan fingerprint density at radius 3 is 1.66 bits per heavy atom. The molecule has 0 saturated carbocycles. The van der Waals surface area contributed by atoms with Crippen molar-refractivity contribution in [3.63, 3.8) is 0 Å². The minimum atomic E-state index is 0.170. The molecule has 3 nitrogen and oxygen atoms in total. The predicted molar refractivity (Wildman–Crippen MR) is 127 cm³/mol. The fourth-order valence-corrected chi connectivity index (χ4v) is 3.62. The van der Waals surface area contributed by atoms with Gasteiger partial charge < -0.3 is 10.4 Å². The van der Waals surface area contributed by atoms with Gasteiger partial charge in [0.2, 0.25) is 5.91 Å². The van der Waals surface area contributed by atoms with E-state index in [9.17, 15) is 4.79 Å². The number of carbonyl (C=O) groups excluding carboxylic acids is 1. The molecule has 0 bridgehead atoms. The van der Waals surface area contributed by atoms with Crippen LogP contribution in [0.4, 0.5) is 0 Å². The fourth-order valence-electron chi connectivity index (χ4n) is 3.62. The number of hydrogen-bond donors (Lipinski definition) is 2. The molecule has 0 aliphatic heterocycles. The van der Waals surface area contributed by atoms with E-state index in [2.05, 4.69) is 24.4 Å². The average molecular weight is 410 g/mol. The van der Waals surface area contributed by atoms with Crippen LogP contribution < -0.4 is 5.32 Å². The second-order valence-electron chi connectivity index (χ2n) is 8.53. The molecule has 0 aliphatic rings. The maximum atomic E-state index is 11.6. The molecule has 0 saturated heterocycles. The van der Waals surface area contributed by atoms with E-state index >= 15 is 0 Å². The van der Waals surface area contributed by atoms with Gasteiger partial charge in [-0.05, 0) is 44.9 Å². The lowest BCUT2D eigenvalue weighted by Crippen LogP contribution is -2.24. The van der Waals surface area contributed by atoms with Crippen LogP contribution in [-0.4, -0.2) is 24.2 Å². The molecule has 0 radical (unpaired) electrons. The topological polar surface area (TPSA) is 49.3 Å². The van der Waals surface area contributed by atoms with Crippen LogP contribution in [0.2, 0.25) is 0 Å². The molecule has 0 aromatic rings. The smallest absolute Gasteiger partial charge is 0.219 e. The zero-order chi connectivity index (χ0) is 21.3. The summed E-state index contributed by atoms with van der Waals surface area (Å²) < 4.78 is 0. The van der Waals surface area contributed by atoms with Gasteiger partial charge in [0.05, 0.1) is 0 Å². The lowest BCUT2D eigenvalue weighted by atomic mass is 10.1. The minimum Gasteiger partial charge on any atom is -0.396 e. The van der Waals surface area contributed by atoms with Crippen molar-refractivity contribution in [1.29, 1.82) is 0 Å². The molecular weight excluding hydrogens is 358 g/mol. The zero-order valence-electron chi connectivity index (χ0n) is 19.6. The Balaban J connectivity index is 3.14. The first-order chi connectivity index (χ1) is 14.3. The van der Waals surface area contributed by atoms with Crippen molar-refractivity contribution in [2.24, 2.45) is 0 Å². The summed E-state index contributed by atoms with van der Waals surface area (Å²) in [7, 11) is 0. The quantitative estimate of drug-likeness (QED) is 0.136. The third-order valence-electron chi connectivity index (χ3n) is 5.57. The van der Waals surface area contributed by atoms with Crippen molar-refractivity contribution < 1.29 is 9.90 Å². The standard InChI is InChI=1S/C26H51NO2/c1-2-3-4-5-6-7-8-9-10-11-12-13-14-15-16-17-18-19-20-23-26(29)27-24-21-22-25-28/h9-10,28H,2-8,11-25H2,1H3,(H,27,29). The highest BCUT2D eigenvalue weighted by Gasteiger charge is 2.00. The average Bonchev–Trinajstić information content (AvgIpc) is 2.73. The highest BCUT2D eigenvalue weighted by atomic mass is 16.2. The lowest BCUT2D eigenvalue weighted by molar-refractivity contribution is -0.121. The molecule has 0 spiro atoms. The Kier molecular flexibility index (Phi) is 24.5. The molecule has 2 N–H and O–H groups in total. The van der Waals surface area contributed by atoms with E-state index in [0.29, 0.717) is 13.0 Å². The van der Waals surface area contributed by atoms with Crippen LogP contribution in [-0.2, 0) is 4.79 Å². The monoisotopic (exact) mass is 409 g/mol. The molecular formula is C26H51NO2. The molecule has 172 valence electrons. The van der Waals surface area contributed by atoms with Gasteiger partial charge in [0, 0.05) is 19.6 Å². The SMILES string of the molecule is CCCCCCCCC=CCCCCCCCCCCCC(=O)NCCCCO. The van der Waals surface area contributed by atoms with Crippen molar-refractivity contribution in [3.8, 4) is 0 Å². The summed E-state index contributed by atoms with van der Waals surface area (Å²) in [6.45, 7) is 3.19. The number of hydrogen-bond acceptors (Lipinski definition) is 2. The number of unbranched alkanes of at least 4 members (excludes halogenated alkanes) is 16. The number of aliphatic hydroxyl groups is 1. The van der Waals surface area contributed by atoms with Gasteiger partial charge in [-0.1, -0.05) is 96.1 Å². The van der Waals surface area contributed by atoms with Crippen LogP contribution in [0.1, 0.15) is 135 Å². The Hall–Kier alpha value is -0.830. The molecule has 0 aliphatic carbocycles. The molecule has 0 aromatic heterocycles. The van der Waals surface area contributed by atoms with Gasteiger partial charge in [-0.25, -0.2) is 0 Å². The van der Waals surface area contributed by atoms with Crippen LogP contribution in [0.25, 0.3) is 0 Å². The van der Waals surface area contributed by atoms with Gasteiger partial charge in [-0.15, -0.1) is 0 Å². The summed E-state index contributed by atoms with van der Waals surface area (Å²) in [5.74, 6) is 0.170. The van der Waals surface area contributed by atoms with Crippen LogP contribution in [0.5, 0.6) is 0 Å². The molecule has 0 unspecified atom stereocenters. The van der Waals surface area contributed by atoms with Gasteiger partial charge in [0.15, 0.2) is 0 Å². The summed E-state index contributed by atoms with van der Waals surface area (Å²) in [6.07, 6.45) is 29.6. The van der Waals surface area contributed by atoms with E-state index < -0.39 is 0 Å². The van der Waals surface area contributed by atoms with Crippen LogP contribution in [0.15, 0.2) is 12.2 Å². The van der Waals surface area contributed by atoms with Crippen molar-refractivity contribution >= 4 is 5.91 Å². The van der Waals surface area contributed by atoms with Crippen molar-refractivity contribution in [2.75, 3.05) is 13.2 Å². The van der Waals surface area contributed by atoms with Gasteiger partial charge in [0.1, 0.15) is 0 Å². The zero-order valence-corrected chi connectivity index (χ0v) is 19.6. The fraction of sp³-hybridized carbons (Fsp3) is 0.885. The number of rotatable bonds is 23. The van der Waals surface area contributed by atoms with Crippen molar-refractivity contribution in [3.05, 3.63) is 12.2 Å². The first kappa shape index (κ1) is 28.2.